The lowest BCUT2D eigenvalue weighted by Gasteiger charge is -2.12. The Morgan fingerprint density at radius 2 is 1.68 bits per heavy atom. The second-order valence-corrected chi connectivity index (χ2v) is 9.93. The van der Waals surface area contributed by atoms with Crippen molar-refractivity contribution in [2.24, 2.45) is 0 Å². The van der Waals surface area contributed by atoms with Gasteiger partial charge in [-0.2, -0.15) is 0 Å². The summed E-state index contributed by atoms with van der Waals surface area (Å²) in [4.78, 5) is 12.6. The largest absolute Gasteiger partial charge is 0.488 e. The van der Waals surface area contributed by atoms with Gasteiger partial charge in [0.2, 0.25) is 0 Å². The van der Waals surface area contributed by atoms with E-state index in [2.05, 4.69) is 15.9 Å². The Morgan fingerprint density at radius 1 is 1.00 bits per heavy atom. The summed E-state index contributed by atoms with van der Waals surface area (Å²) in [6.07, 6.45) is 1.38. The topological polar surface area (TPSA) is 65.4 Å². The smallest absolute Gasteiger partial charge is 0.268 e. The third-order valence-corrected chi connectivity index (χ3v) is 7.33. The van der Waals surface area contributed by atoms with Crippen molar-refractivity contribution < 1.29 is 17.9 Å². The van der Waals surface area contributed by atoms with Crippen molar-refractivity contribution in [3.8, 4) is 5.75 Å². The molecule has 0 N–H and O–H groups in total. The number of carbonyl (C=O) groups is 1. The van der Waals surface area contributed by atoms with Crippen molar-refractivity contribution in [3.05, 3.63) is 94.1 Å². The Bertz CT molecular complexity index is 1370. The summed E-state index contributed by atoms with van der Waals surface area (Å²) in [5.74, 6) is 0.204. The molecule has 0 bridgehead atoms. The molecule has 0 saturated carbocycles. The monoisotopic (exact) mass is 497 g/mol. The first-order valence-corrected chi connectivity index (χ1v) is 11.9. The highest BCUT2D eigenvalue weighted by Gasteiger charge is 2.26. The standard InChI is InChI=1S/C24H20BrNO4S/c1-16-8-10-19(11-9-16)31(28,29)26-14-20(17(2)27)23-22(13-12-21(25)24(23)26)30-15-18-6-4-3-5-7-18/h3-14H,15H2,1-2H3. The van der Waals surface area contributed by atoms with Crippen molar-refractivity contribution in [2.45, 2.75) is 25.3 Å². The summed E-state index contributed by atoms with van der Waals surface area (Å²) in [6.45, 7) is 3.60. The van der Waals surface area contributed by atoms with Crippen LogP contribution in [-0.2, 0) is 16.6 Å². The van der Waals surface area contributed by atoms with Crippen LogP contribution < -0.4 is 4.74 Å². The van der Waals surface area contributed by atoms with Crippen molar-refractivity contribution >= 4 is 42.6 Å². The van der Waals surface area contributed by atoms with Gasteiger partial charge in [-0.1, -0.05) is 48.0 Å². The minimum Gasteiger partial charge on any atom is -0.488 e. The van der Waals surface area contributed by atoms with E-state index in [1.54, 1.807) is 36.4 Å². The number of ketones is 1. The molecule has 158 valence electrons. The van der Waals surface area contributed by atoms with Gasteiger partial charge in [-0.05, 0) is 59.6 Å². The number of hydrogen-bond donors (Lipinski definition) is 0. The number of carbonyl (C=O) groups excluding carboxylic acids is 1. The minimum absolute atomic E-state index is 0.146. The van der Waals surface area contributed by atoms with Gasteiger partial charge in [-0.3, -0.25) is 4.79 Å². The zero-order chi connectivity index (χ0) is 22.2. The zero-order valence-electron chi connectivity index (χ0n) is 17.0. The lowest BCUT2D eigenvalue weighted by Crippen LogP contribution is -2.12. The van der Waals surface area contributed by atoms with E-state index in [9.17, 15) is 13.2 Å². The quantitative estimate of drug-likeness (QED) is 0.319. The molecule has 0 aliphatic carbocycles. The van der Waals surface area contributed by atoms with E-state index in [0.29, 0.717) is 27.7 Å². The maximum Gasteiger partial charge on any atom is 0.268 e. The number of benzene rings is 3. The molecule has 0 atom stereocenters. The average molecular weight is 498 g/mol. The Morgan fingerprint density at radius 3 is 2.32 bits per heavy atom. The number of aryl methyl sites for hydroxylation is 1. The molecule has 7 heteroatoms. The first-order chi connectivity index (χ1) is 14.8. The summed E-state index contributed by atoms with van der Waals surface area (Å²) in [7, 11) is -3.92. The molecule has 5 nitrogen and oxygen atoms in total. The van der Waals surface area contributed by atoms with Crippen molar-refractivity contribution in [1.29, 1.82) is 0 Å². The van der Waals surface area contributed by atoms with Crippen molar-refractivity contribution in [3.63, 3.8) is 0 Å². The highest BCUT2D eigenvalue weighted by atomic mass is 79.9. The number of halogens is 1. The van der Waals surface area contributed by atoms with E-state index in [1.807, 2.05) is 37.3 Å². The third kappa shape index (κ3) is 4.03. The lowest BCUT2D eigenvalue weighted by molar-refractivity contribution is 0.101. The second kappa shape index (κ2) is 8.32. The van der Waals surface area contributed by atoms with Crippen LogP contribution in [-0.4, -0.2) is 18.2 Å². The van der Waals surface area contributed by atoms with Gasteiger partial charge >= 0.3 is 0 Å². The van der Waals surface area contributed by atoms with E-state index >= 15 is 0 Å². The fourth-order valence-electron chi connectivity index (χ4n) is 3.41. The molecule has 0 amide bonds. The SMILES string of the molecule is CC(=O)c1cn(S(=O)(=O)c2ccc(C)cc2)c2c(Br)ccc(OCc3ccccc3)c12. The predicted molar refractivity (Wildman–Crippen MR) is 124 cm³/mol. The zero-order valence-corrected chi connectivity index (χ0v) is 19.4. The molecule has 1 heterocycles. The molecule has 1 aromatic heterocycles. The van der Waals surface area contributed by atoms with Gasteiger partial charge in [0.05, 0.1) is 15.8 Å². The third-order valence-electron chi connectivity index (χ3n) is 5.02. The molecule has 3 aromatic carbocycles. The molecule has 0 radical (unpaired) electrons. The van der Waals surface area contributed by atoms with E-state index in [-0.39, 0.29) is 16.2 Å². The fraction of sp³-hybridized carbons (Fsp3) is 0.125. The van der Waals surface area contributed by atoms with Crippen LogP contribution in [0.15, 0.2) is 82.3 Å². The first-order valence-electron chi connectivity index (χ1n) is 9.62. The number of rotatable bonds is 6. The molecule has 0 aliphatic rings. The van der Waals surface area contributed by atoms with Gasteiger partial charge in [0.15, 0.2) is 5.78 Å². The molecule has 0 fully saturated rings. The second-order valence-electron chi connectivity index (χ2n) is 7.26. The Labute approximate surface area is 189 Å². The Balaban J connectivity index is 1.90. The molecule has 0 saturated heterocycles. The Hall–Kier alpha value is -2.90. The number of fused-ring (bicyclic) bond motifs is 1. The summed E-state index contributed by atoms with van der Waals surface area (Å²) in [5, 5.41) is 0.466. The van der Waals surface area contributed by atoms with Gasteiger partial charge in [0.25, 0.3) is 10.0 Å². The summed E-state index contributed by atoms with van der Waals surface area (Å²) in [5.41, 5.74) is 2.58. The van der Waals surface area contributed by atoms with E-state index in [0.717, 1.165) is 15.1 Å². The highest BCUT2D eigenvalue weighted by molar-refractivity contribution is 9.10. The van der Waals surface area contributed by atoms with Crippen LogP contribution in [0.4, 0.5) is 0 Å². The van der Waals surface area contributed by atoms with Crippen molar-refractivity contribution in [2.75, 3.05) is 0 Å². The van der Waals surface area contributed by atoms with Gasteiger partial charge in [-0.25, -0.2) is 12.4 Å². The van der Waals surface area contributed by atoms with Crippen LogP contribution in [0.1, 0.15) is 28.4 Å². The first kappa shape index (κ1) is 21.3. The molecule has 31 heavy (non-hydrogen) atoms. The molecular formula is C24H20BrNO4S. The van der Waals surface area contributed by atoms with Gasteiger partial charge in [0, 0.05) is 16.2 Å². The van der Waals surface area contributed by atoms with E-state index in [1.165, 1.54) is 13.1 Å². The lowest BCUT2D eigenvalue weighted by atomic mass is 10.1. The van der Waals surface area contributed by atoms with Crippen LogP contribution in [0.25, 0.3) is 10.9 Å². The molecule has 0 unspecified atom stereocenters. The average Bonchev–Trinajstić information content (AvgIpc) is 3.17. The molecular weight excluding hydrogens is 478 g/mol. The van der Waals surface area contributed by atoms with Crippen LogP contribution >= 0.6 is 15.9 Å². The van der Waals surface area contributed by atoms with Crippen LogP contribution in [0.2, 0.25) is 0 Å². The number of nitrogens with zero attached hydrogens (tertiary/aromatic N) is 1. The Kier molecular flexibility index (Phi) is 5.73. The minimum atomic E-state index is -3.92. The van der Waals surface area contributed by atoms with Crippen LogP contribution in [0.5, 0.6) is 5.75 Å². The van der Waals surface area contributed by atoms with E-state index in [4.69, 9.17) is 4.74 Å². The number of hydrogen-bond acceptors (Lipinski definition) is 4. The van der Waals surface area contributed by atoms with Crippen LogP contribution in [0, 0.1) is 6.92 Å². The molecule has 4 aromatic rings. The summed E-state index contributed by atoms with van der Waals surface area (Å²) >= 11 is 3.46. The fourth-order valence-corrected chi connectivity index (χ4v) is 5.43. The normalized spacial score (nSPS) is 11.6. The molecule has 4 rings (SSSR count). The van der Waals surface area contributed by atoms with Crippen molar-refractivity contribution in [1.82, 2.24) is 3.97 Å². The maximum absolute atomic E-state index is 13.4. The molecule has 0 spiro atoms. The number of Topliss-reactive ketones (excluding diaryl/α,β-unsaturated/α-hetero) is 1. The molecule has 0 aliphatic heterocycles. The number of ether oxygens (including phenoxy) is 1. The van der Waals surface area contributed by atoms with Gasteiger partial charge in [0.1, 0.15) is 12.4 Å². The van der Waals surface area contributed by atoms with Gasteiger partial charge < -0.3 is 4.74 Å². The van der Waals surface area contributed by atoms with Gasteiger partial charge in [-0.15, -0.1) is 0 Å². The predicted octanol–water partition coefficient (Wildman–Crippen LogP) is 5.73. The van der Waals surface area contributed by atoms with E-state index < -0.39 is 10.0 Å². The highest BCUT2D eigenvalue weighted by Crippen LogP contribution is 2.38. The maximum atomic E-state index is 13.4. The summed E-state index contributed by atoms with van der Waals surface area (Å²) in [6, 6.07) is 19.7. The summed E-state index contributed by atoms with van der Waals surface area (Å²) < 4.78 is 34.6. The number of aromatic nitrogens is 1. The van der Waals surface area contributed by atoms with Crippen LogP contribution in [0.3, 0.4) is 0 Å².